The molecule has 3 rings (SSSR count). The number of rotatable bonds is 5. The number of nitrogens with zero attached hydrogens (tertiary/aromatic N) is 3. The molecule has 1 amide bonds. The summed E-state index contributed by atoms with van der Waals surface area (Å²) >= 11 is 0. The minimum Gasteiger partial charge on any atom is -0.395 e. The predicted octanol–water partition coefficient (Wildman–Crippen LogP) is 1.70. The van der Waals surface area contributed by atoms with Crippen LogP contribution in [0, 0.1) is 0 Å². The van der Waals surface area contributed by atoms with Crippen molar-refractivity contribution in [3.63, 3.8) is 0 Å². The molecular formula is C14H14F2N4O3. The highest BCUT2D eigenvalue weighted by Crippen LogP contribution is 2.43. The van der Waals surface area contributed by atoms with Crippen LogP contribution >= 0.6 is 0 Å². The van der Waals surface area contributed by atoms with Crippen LogP contribution in [-0.4, -0.2) is 27.0 Å². The lowest BCUT2D eigenvalue weighted by Crippen LogP contribution is -2.26. The van der Waals surface area contributed by atoms with Gasteiger partial charge >= 0.3 is 6.29 Å². The number of hydrogen-bond donors (Lipinski definition) is 1. The van der Waals surface area contributed by atoms with Gasteiger partial charge in [-0.1, -0.05) is 19.1 Å². The van der Waals surface area contributed by atoms with E-state index in [1.807, 2.05) is 6.92 Å². The second kappa shape index (κ2) is 5.49. The van der Waals surface area contributed by atoms with Crippen LogP contribution in [0.2, 0.25) is 0 Å². The molecule has 2 N–H and O–H groups in total. The number of aromatic nitrogens is 3. The number of ether oxygens (including phenoxy) is 2. The quantitative estimate of drug-likeness (QED) is 0.903. The Bertz CT molecular complexity index is 760. The second-order valence-corrected chi connectivity index (χ2v) is 5.04. The minimum atomic E-state index is -3.69. The first kappa shape index (κ1) is 15.2. The van der Waals surface area contributed by atoms with E-state index in [2.05, 4.69) is 19.6 Å². The number of aryl methyl sites for hydroxylation is 1. The van der Waals surface area contributed by atoms with Crippen LogP contribution in [0.15, 0.2) is 18.2 Å². The second-order valence-electron chi connectivity index (χ2n) is 5.04. The topological polar surface area (TPSA) is 92.3 Å². The maximum absolute atomic E-state index is 13.2. The van der Waals surface area contributed by atoms with Gasteiger partial charge < -0.3 is 15.2 Å². The van der Waals surface area contributed by atoms with Crippen molar-refractivity contribution in [2.24, 2.45) is 5.73 Å². The molecule has 0 bridgehead atoms. The largest absolute Gasteiger partial charge is 0.586 e. The highest BCUT2D eigenvalue weighted by atomic mass is 19.3. The number of carbonyl (C=O) groups excluding carboxylic acids is 1. The summed E-state index contributed by atoms with van der Waals surface area (Å²) in [4.78, 5) is 15.3. The summed E-state index contributed by atoms with van der Waals surface area (Å²) in [7, 11) is 0. The first-order valence-corrected chi connectivity index (χ1v) is 7.01. The number of alkyl halides is 2. The predicted molar refractivity (Wildman–Crippen MR) is 74.3 cm³/mol. The fraction of sp³-hybridized carbons (Fsp3) is 0.357. The molecule has 1 aliphatic rings. The fourth-order valence-corrected chi connectivity index (χ4v) is 2.32. The van der Waals surface area contributed by atoms with Gasteiger partial charge in [-0.05, 0) is 12.5 Å². The van der Waals surface area contributed by atoms with E-state index in [1.54, 1.807) is 12.1 Å². The molecule has 9 heteroatoms. The molecule has 0 saturated heterocycles. The lowest BCUT2D eigenvalue weighted by molar-refractivity contribution is -0.286. The van der Waals surface area contributed by atoms with E-state index in [0.29, 0.717) is 17.8 Å². The van der Waals surface area contributed by atoms with E-state index in [4.69, 9.17) is 5.73 Å². The van der Waals surface area contributed by atoms with Crippen molar-refractivity contribution < 1.29 is 23.0 Å². The molecule has 7 nitrogen and oxygen atoms in total. The standard InChI is InChI=1S/C14H14F2N4O3/c1-2-4-10-18-13(12(17)21)19-20(10)7-8-5-3-6-9-11(8)23-14(15,16)22-9/h3,5-6H,2,4,7H2,1H3,(H2,17,21). The number of carbonyl (C=O) groups is 1. The molecule has 0 atom stereocenters. The summed E-state index contributed by atoms with van der Waals surface area (Å²) in [6, 6.07) is 4.58. The summed E-state index contributed by atoms with van der Waals surface area (Å²) in [5, 5.41) is 4.03. The number of amides is 1. The number of para-hydroxylation sites is 1. The van der Waals surface area contributed by atoms with Crippen LogP contribution in [0.4, 0.5) is 8.78 Å². The van der Waals surface area contributed by atoms with Crippen molar-refractivity contribution in [1.29, 1.82) is 0 Å². The Morgan fingerprint density at radius 3 is 2.87 bits per heavy atom. The zero-order chi connectivity index (χ0) is 16.6. The molecular weight excluding hydrogens is 310 g/mol. The van der Waals surface area contributed by atoms with Gasteiger partial charge in [-0.25, -0.2) is 9.67 Å². The molecule has 0 aliphatic carbocycles. The maximum atomic E-state index is 13.2. The van der Waals surface area contributed by atoms with Gasteiger partial charge in [0.15, 0.2) is 11.5 Å². The summed E-state index contributed by atoms with van der Waals surface area (Å²) < 4.78 is 36.9. The van der Waals surface area contributed by atoms with Crippen LogP contribution in [-0.2, 0) is 13.0 Å². The molecule has 1 aliphatic heterocycles. The van der Waals surface area contributed by atoms with Gasteiger partial charge in [0.2, 0.25) is 5.82 Å². The molecule has 2 aromatic rings. The van der Waals surface area contributed by atoms with E-state index >= 15 is 0 Å². The Labute approximate surface area is 130 Å². The van der Waals surface area contributed by atoms with Crippen LogP contribution in [0.1, 0.15) is 35.4 Å². The van der Waals surface area contributed by atoms with Crippen LogP contribution in [0.5, 0.6) is 11.5 Å². The average Bonchev–Trinajstić information content (AvgIpc) is 3.00. The number of nitrogens with two attached hydrogens (primary N) is 1. The molecule has 0 spiro atoms. The van der Waals surface area contributed by atoms with Crippen molar-refractivity contribution in [1.82, 2.24) is 14.8 Å². The van der Waals surface area contributed by atoms with Crippen molar-refractivity contribution >= 4 is 5.91 Å². The number of halogens is 2. The first-order chi connectivity index (χ1) is 10.9. The molecule has 0 radical (unpaired) electrons. The van der Waals surface area contributed by atoms with Gasteiger partial charge in [0.1, 0.15) is 5.82 Å². The third-order valence-electron chi connectivity index (χ3n) is 3.27. The van der Waals surface area contributed by atoms with Gasteiger partial charge in [0.25, 0.3) is 5.91 Å². The van der Waals surface area contributed by atoms with Crippen LogP contribution < -0.4 is 15.2 Å². The fourth-order valence-electron chi connectivity index (χ4n) is 2.32. The Balaban J connectivity index is 1.95. The summed E-state index contributed by atoms with van der Waals surface area (Å²) in [5.41, 5.74) is 5.63. The smallest absolute Gasteiger partial charge is 0.395 e. The van der Waals surface area contributed by atoms with Crippen molar-refractivity contribution in [3.8, 4) is 11.5 Å². The van der Waals surface area contributed by atoms with Gasteiger partial charge in [-0.2, -0.15) is 0 Å². The van der Waals surface area contributed by atoms with Gasteiger partial charge in [-0.3, -0.25) is 4.79 Å². The SMILES string of the molecule is CCCc1nc(C(N)=O)nn1Cc1cccc2c1OC(F)(F)O2. The number of hydrogen-bond acceptors (Lipinski definition) is 5. The molecule has 1 aromatic heterocycles. The summed E-state index contributed by atoms with van der Waals surface area (Å²) in [6.07, 6.45) is -2.34. The van der Waals surface area contributed by atoms with Crippen molar-refractivity contribution in [2.75, 3.05) is 0 Å². The molecule has 0 fully saturated rings. The van der Waals surface area contributed by atoms with E-state index < -0.39 is 12.2 Å². The van der Waals surface area contributed by atoms with Crippen molar-refractivity contribution in [2.45, 2.75) is 32.6 Å². The summed E-state index contributed by atoms with van der Waals surface area (Å²) in [6.45, 7) is 2.05. The van der Waals surface area contributed by atoms with Crippen LogP contribution in [0.25, 0.3) is 0 Å². The molecule has 0 unspecified atom stereocenters. The summed E-state index contributed by atoms with van der Waals surface area (Å²) in [5.74, 6) is -0.394. The highest BCUT2D eigenvalue weighted by molar-refractivity contribution is 5.88. The molecule has 1 aromatic carbocycles. The first-order valence-electron chi connectivity index (χ1n) is 7.01. The number of benzene rings is 1. The molecule has 2 heterocycles. The number of primary amides is 1. The number of fused-ring (bicyclic) bond motifs is 1. The Morgan fingerprint density at radius 2 is 2.17 bits per heavy atom. The average molecular weight is 324 g/mol. The zero-order valence-electron chi connectivity index (χ0n) is 12.3. The normalized spacial score (nSPS) is 14.9. The van der Waals surface area contributed by atoms with Crippen LogP contribution in [0.3, 0.4) is 0 Å². The third kappa shape index (κ3) is 2.94. The molecule has 122 valence electrons. The Morgan fingerprint density at radius 1 is 1.39 bits per heavy atom. The monoisotopic (exact) mass is 324 g/mol. The third-order valence-corrected chi connectivity index (χ3v) is 3.27. The van der Waals surface area contributed by atoms with Gasteiger partial charge in [-0.15, -0.1) is 13.9 Å². The minimum absolute atomic E-state index is 0.0419. The lowest BCUT2D eigenvalue weighted by Gasteiger charge is -2.08. The van der Waals surface area contributed by atoms with Crippen molar-refractivity contribution in [3.05, 3.63) is 35.4 Å². The van der Waals surface area contributed by atoms with E-state index in [-0.39, 0.29) is 23.9 Å². The van der Waals surface area contributed by atoms with Gasteiger partial charge in [0.05, 0.1) is 6.54 Å². The zero-order valence-corrected chi connectivity index (χ0v) is 12.3. The van der Waals surface area contributed by atoms with Gasteiger partial charge in [0, 0.05) is 12.0 Å². The maximum Gasteiger partial charge on any atom is 0.586 e. The molecule has 0 saturated carbocycles. The van der Waals surface area contributed by atoms with E-state index in [1.165, 1.54) is 10.7 Å². The van der Waals surface area contributed by atoms with E-state index in [9.17, 15) is 13.6 Å². The lowest BCUT2D eigenvalue weighted by atomic mass is 10.2. The Kier molecular flexibility index (Phi) is 3.63. The Hall–Kier alpha value is -2.71. The van der Waals surface area contributed by atoms with E-state index in [0.717, 1.165) is 6.42 Å². The molecule has 23 heavy (non-hydrogen) atoms. The highest BCUT2D eigenvalue weighted by Gasteiger charge is 2.44.